The van der Waals surface area contributed by atoms with Crippen molar-refractivity contribution in [1.29, 1.82) is 0 Å². The van der Waals surface area contributed by atoms with E-state index in [1.54, 1.807) is 0 Å². The maximum Gasteiger partial charge on any atom is 0.410 e. The van der Waals surface area contributed by atoms with Gasteiger partial charge in [0.1, 0.15) is 0 Å². The quantitative estimate of drug-likeness (QED) is 0.667. The highest BCUT2D eigenvalue weighted by atomic mass is 16.5. The molecule has 1 saturated carbocycles. The van der Waals surface area contributed by atoms with Crippen LogP contribution in [0.25, 0.3) is 0 Å². The van der Waals surface area contributed by atoms with Crippen molar-refractivity contribution in [2.45, 2.75) is 51.6 Å². The van der Waals surface area contributed by atoms with Crippen molar-refractivity contribution in [1.82, 2.24) is 4.90 Å². The Morgan fingerprint density at radius 2 is 2.20 bits per heavy atom. The van der Waals surface area contributed by atoms with Gasteiger partial charge in [0, 0.05) is 12.1 Å². The zero-order valence-corrected chi connectivity index (χ0v) is 9.90. The summed E-state index contributed by atoms with van der Waals surface area (Å²) in [6, 6.07) is 0.852. The Bertz CT molecular complexity index is 252. The Kier molecular flexibility index (Phi) is 2.89. The predicted octanol–water partition coefficient (Wildman–Crippen LogP) is 2.65. The predicted molar refractivity (Wildman–Crippen MR) is 58.6 cm³/mol. The van der Waals surface area contributed by atoms with Gasteiger partial charge < -0.3 is 9.64 Å². The summed E-state index contributed by atoms with van der Waals surface area (Å²) in [7, 11) is 1.49. The molecular formula is C12H21NO2. The first-order valence-corrected chi connectivity index (χ1v) is 6.07. The minimum absolute atomic E-state index is 0.122. The molecule has 15 heavy (non-hydrogen) atoms. The minimum atomic E-state index is -0.122. The Morgan fingerprint density at radius 1 is 1.47 bits per heavy atom. The van der Waals surface area contributed by atoms with Crippen LogP contribution in [-0.2, 0) is 4.74 Å². The second-order valence-electron chi connectivity index (χ2n) is 4.87. The molecule has 0 unspecified atom stereocenters. The number of methoxy groups -OCH3 is 1. The van der Waals surface area contributed by atoms with Crippen molar-refractivity contribution in [2.24, 2.45) is 11.8 Å². The Morgan fingerprint density at radius 3 is 2.80 bits per heavy atom. The molecule has 4 atom stereocenters. The van der Waals surface area contributed by atoms with E-state index in [1.807, 2.05) is 4.90 Å². The summed E-state index contributed by atoms with van der Waals surface area (Å²) in [5.41, 5.74) is 0. The van der Waals surface area contributed by atoms with E-state index in [9.17, 15) is 4.79 Å². The number of carbonyl (C=O) groups is 1. The fourth-order valence-electron chi connectivity index (χ4n) is 3.66. The number of ether oxygens (including phenoxy) is 1. The summed E-state index contributed by atoms with van der Waals surface area (Å²) < 4.78 is 4.91. The first-order chi connectivity index (χ1) is 7.20. The number of likely N-dealkylation sites (tertiary alicyclic amines) is 1. The molecule has 0 spiro atoms. The minimum Gasteiger partial charge on any atom is -0.453 e. The molecule has 1 amide bonds. The van der Waals surface area contributed by atoms with Crippen molar-refractivity contribution >= 4 is 6.09 Å². The van der Waals surface area contributed by atoms with Gasteiger partial charge in [-0.2, -0.15) is 0 Å². The van der Waals surface area contributed by atoms with Gasteiger partial charge in [0.25, 0.3) is 0 Å². The molecule has 3 heteroatoms. The van der Waals surface area contributed by atoms with E-state index in [0.29, 0.717) is 23.9 Å². The van der Waals surface area contributed by atoms with Gasteiger partial charge in [-0.15, -0.1) is 0 Å². The summed E-state index contributed by atoms with van der Waals surface area (Å²) in [4.78, 5) is 13.8. The Hall–Kier alpha value is -0.730. The third-order valence-electron chi connectivity index (χ3n) is 4.33. The number of rotatable bonds is 1. The van der Waals surface area contributed by atoms with Gasteiger partial charge in [-0.05, 0) is 31.1 Å². The van der Waals surface area contributed by atoms with E-state index in [0.717, 1.165) is 6.42 Å². The molecule has 2 aliphatic rings. The van der Waals surface area contributed by atoms with Crippen LogP contribution in [0.4, 0.5) is 4.79 Å². The highest BCUT2D eigenvalue weighted by molar-refractivity contribution is 5.69. The van der Waals surface area contributed by atoms with Crippen molar-refractivity contribution in [3.8, 4) is 0 Å². The molecular weight excluding hydrogens is 190 g/mol. The molecule has 2 rings (SSSR count). The van der Waals surface area contributed by atoms with Crippen LogP contribution >= 0.6 is 0 Å². The highest BCUT2D eigenvalue weighted by Crippen LogP contribution is 2.45. The van der Waals surface area contributed by atoms with Crippen LogP contribution in [0.5, 0.6) is 0 Å². The number of fused-ring (bicyclic) bond motifs is 1. The maximum absolute atomic E-state index is 11.8. The van der Waals surface area contributed by atoms with Crippen LogP contribution in [0.15, 0.2) is 0 Å². The van der Waals surface area contributed by atoms with Crippen LogP contribution in [-0.4, -0.2) is 30.2 Å². The Labute approximate surface area is 91.8 Å². The molecule has 3 nitrogen and oxygen atoms in total. The lowest BCUT2D eigenvalue weighted by molar-refractivity contribution is 0.0971. The molecule has 0 bridgehead atoms. The third kappa shape index (κ3) is 1.52. The van der Waals surface area contributed by atoms with Crippen molar-refractivity contribution < 1.29 is 9.53 Å². The van der Waals surface area contributed by atoms with Crippen molar-refractivity contribution in [3.63, 3.8) is 0 Å². The fraction of sp³-hybridized carbons (Fsp3) is 0.917. The lowest BCUT2D eigenvalue weighted by Gasteiger charge is -2.28. The average Bonchev–Trinajstić information content (AvgIpc) is 2.79. The molecule has 0 aromatic carbocycles. The lowest BCUT2D eigenvalue weighted by atomic mass is 9.89. The van der Waals surface area contributed by atoms with Gasteiger partial charge in [-0.3, -0.25) is 0 Å². The molecule has 0 N–H and O–H groups in total. The zero-order valence-electron chi connectivity index (χ0n) is 9.90. The maximum atomic E-state index is 11.8. The zero-order chi connectivity index (χ0) is 11.0. The van der Waals surface area contributed by atoms with E-state index >= 15 is 0 Å². The molecule has 1 saturated heterocycles. The summed E-state index contributed by atoms with van der Waals surface area (Å²) in [5, 5.41) is 0. The smallest absolute Gasteiger partial charge is 0.410 e. The second kappa shape index (κ2) is 4.03. The van der Waals surface area contributed by atoms with E-state index in [2.05, 4.69) is 13.8 Å². The number of hydrogen-bond acceptors (Lipinski definition) is 2. The second-order valence-corrected chi connectivity index (χ2v) is 4.87. The van der Waals surface area contributed by atoms with Gasteiger partial charge in [-0.25, -0.2) is 4.79 Å². The number of carbonyl (C=O) groups excluding carboxylic acids is 1. The monoisotopic (exact) mass is 211 g/mol. The lowest BCUT2D eigenvalue weighted by Crippen LogP contribution is -2.41. The number of amides is 1. The number of nitrogens with zero attached hydrogens (tertiary/aromatic N) is 1. The first-order valence-electron chi connectivity index (χ1n) is 6.07. The van der Waals surface area contributed by atoms with Crippen molar-refractivity contribution in [3.05, 3.63) is 0 Å². The van der Waals surface area contributed by atoms with E-state index in [4.69, 9.17) is 4.74 Å². The van der Waals surface area contributed by atoms with Gasteiger partial charge in [-0.1, -0.05) is 20.3 Å². The molecule has 86 valence electrons. The largest absolute Gasteiger partial charge is 0.453 e. The third-order valence-corrected chi connectivity index (χ3v) is 4.33. The molecule has 1 heterocycles. The van der Waals surface area contributed by atoms with Gasteiger partial charge in [0.05, 0.1) is 7.11 Å². The average molecular weight is 211 g/mol. The number of hydrogen-bond donors (Lipinski definition) is 0. The molecule has 0 radical (unpaired) electrons. The van der Waals surface area contributed by atoms with Crippen LogP contribution in [0, 0.1) is 11.8 Å². The summed E-state index contributed by atoms with van der Waals surface area (Å²) in [6.45, 7) is 4.46. The van der Waals surface area contributed by atoms with Crippen LogP contribution < -0.4 is 0 Å². The van der Waals surface area contributed by atoms with Gasteiger partial charge in [0.2, 0.25) is 0 Å². The SMILES string of the molecule is CC[C@H]1[C@@H](C)[C@H]2CCC[C@H]2N1C(=O)OC. The first kappa shape index (κ1) is 10.8. The molecule has 2 fully saturated rings. The van der Waals surface area contributed by atoms with E-state index < -0.39 is 0 Å². The molecule has 0 aromatic rings. The topological polar surface area (TPSA) is 29.5 Å². The Balaban J connectivity index is 2.21. The standard InChI is InChI=1S/C12H21NO2/c1-4-10-8(2)9-6-5-7-11(9)13(10)12(14)15-3/h8-11H,4-7H2,1-3H3/t8-,9+,10-,11+/m0/s1. The molecule has 0 aromatic heterocycles. The van der Waals surface area contributed by atoms with Crippen molar-refractivity contribution in [2.75, 3.05) is 7.11 Å². The van der Waals surface area contributed by atoms with Crippen LogP contribution in [0.1, 0.15) is 39.5 Å². The molecule has 1 aliphatic carbocycles. The summed E-state index contributed by atoms with van der Waals surface area (Å²) >= 11 is 0. The summed E-state index contributed by atoms with van der Waals surface area (Å²) in [5.74, 6) is 1.36. The van der Waals surface area contributed by atoms with E-state index in [-0.39, 0.29) is 6.09 Å². The van der Waals surface area contributed by atoms with Gasteiger partial charge >= 0.3 is 6.09 Å². The highest BCUT2D eigenvalue weighted by Gasteiger charge is 2.50. The summed E-state index contributed by atoms with van der Waals surface area (Å²) in [6.07, 6.45) is 4.65. The van der Waals surface area contributed by atoms with E-state index in [1.165, 1.54) is 26.4 Å². The normalized spacial score (nSPS) is 39.3. The van der Waals surface area contributed by atoms with Gasteiger partial charge in [0.15, 0.2) is 0 Å². The van der Waals surface area contributed by atoms with Crippen LogP contribution in [0.3, 0.4) is 0 Å². The molecule has 1 aliphatic heterocycles. The fourth-order valence-corrected chi connectivity index (χ4v) is 3.66. The van der Waals surface area contributed by atoms with Crippen LogP contribution in [0.2, 0.25) is 0 Å².